The number of piperidine rings is 1. The standard InChI is InChI=1S/C14H22N2O/c1-11(12-7-9-15-10-8-12)16-13-3-5-14(17-2)6-4-13/h3-6,11-12,15-16H,7-10H2,1-2H3. The smallest absolute Gasteiger partial charge is 0.119 e. The van der Waals surface area contributed by atoms with Gasteiger partial charge in [-0.2, -0.15) is 0 Å². The van der Waals surface area contributed by atoms with Crippen LogP contribution in [0.2, 0.25) is 0 Å². The molecule has 0 aromatic heterocycles. The molecule has 0 amide bonds. The molecule has 17 heavy (non-hydrogen) atoms. The van der Waals surface area contributed by atoms with Gasteiger partial charge in [-0.15, -0.1) is 0 Å². The first kappa shape index (κ1) is 12.2. The second-order valence-corrected chi connectivity index (χ2v) is 4.75. The van der Waals surface area contributed by atoms with Gasteiger partial charge in [-0.25, -0.2) is 0 Å². The maximum atomic E-state index is 5.15. The van der Waals surface area contributed by atoms with E-state index in [9.17, 15) is 0 Å². The molecule has 0 bridgehead atoms. The Bertz CT molecular complexity index is 331. The first-order chi connectivity index (χ1) is 8.29. The van der Waals surface area contributed by atoms with E-state index in [2.05, 4.69) is 29.7 Å². The monoisotopic (exact) mass is 234 g/mol. The van der Waals surface area contributed by atoms with Gasteiger partial charge in [0.15, 0.2) is 0 Å². The third-order valence-corrected chi connectivity index (χ3v) is 3.58. The van der Waals surface area contributed by atoms with Crippen LogP contribution >= 0.6 is 0 Å². The van der Waals surface area contributed by atoms with Crippen molar-refractivity contribution in [1.82, 2.24) is 5.32 Å². The predicted molar refractivity (Wildman–Crippen MR) is 71.7 cm³/mol. The molecule has 1 aromatic carbocycles. The van der Waals surface area contributed by atoms with Crippen molar-refractivity contribution in [2.24, 2.45) is 5.92 Å². The number of anilines is 1. The predicted octanol–water partition coefficient (Wildman–Crippen LogP) is 2.50. The molecule has 0 aliphatic carbocycles. The maximum absolute atomic E-state index is 5.15. The molecular weight excluding hydrogens is 212 g/mol. The highest BCUT2D eigenvalue weighted by atomic mass is 16.5. The summed E-state index contributed by atoms with van der Waals surface area (Å²) in [5.41, 5.74) is 1.18. The molecule has 1 atom stereocenters. The molecular formula is C14H22N2O. The third-order valence-electron chi connectivity index (χ3n) is 3.58. The van der Waals surface area contributed by atoms with Crippen LogP contribution in [0.5, 0.6) is 5.75 Å². The summed E-state index contributed by atoms with van der Waals surface area (Å²) in [4.78, 5) is 0. The third kappa shape index (κ3) is 3.37. The van der Waals surface area contributed by atoms with Crippen molar-refractivity contribution in [3.05, 3.63) is 24.3 Å². The first-order valence-corrected chi connectivity index (χ1v) is 6.41. The van der Waals surface area contributed by atoms with Gasteiger partial charge in [0.25, 0.3) is 0 Å². The zero-order chi connectivity index (χ0) is 12.1. The lowest BCUT2D eigenvalue weighted by Crippen LogP contribution is -2.36. The van der Waals surface area contributed by atoms with Crippen LogP contribution in [0.4, 0.5) is 5.69 Å². The Kier molecular flexibility index (Phi) is 4.26. The zero-order valence-electron chi connectivity index (χ0n) is 10.7. The van der Waals surface area contributed by atoms with Crippen LogP contribution in [-0.4, -0.2) is 26.2 Å². The van der Waals surface area contributed by atoms with Gasteiger partial charge >= 0.3 is 0 Å². The second-order valence-electron chi connectivity index (χ2n) is 4.75. The Morgan fingerprint density at radius 1 is 1.24 bits per heavy atom. The van der Waals surface area contributed by atoms with Gasteiger partial charge in [-0.3, -0.25) is 0 Å². The van der Waals surface area contributed by atoms with Crippen LogP contribution < -0.4 is 15.4 Å². The molecule has 1 aliphatic heterocycles. The van der Waals surface area contributed by atoms with Crippen molar-refractivity contribution in [3.63, 3.8) is 0 Å². The fourth-order valence-corrected chi connectivity index (χ4v) is 2.41. The molecule has 1 saturated heterocycles. The lowest BCUT2D eigenvalue weighted by Gasteiger charge is -2.29. The van der Waals surface area contributed by atoms with Gasteiger partial charge in [0.05, 0.1) is 7.11 Å². The molecule has 94 valence electrons. The fourth-order valence-electron chi connectivity index (χ4n) is 2.41. The quantitative estimate of drug-likeness (QED) is 0.839. The van der Waals surface area contributed by atoms with E-state index in [1.807, 2.05) is 12.1 Å². The molecule has 0 saturated carbocycles. The van der Waals surface area contributed by atoms with Crippen molar-refractivity contribution in [2.45, 2.75) is 25.8 Å². The van der Waals surface area contributed by atoms with E-state index in [0.717, 1.165) is 24.8 Å². The molecule has 2 N–H and O–H groups in total. The van der Waals surface area contributed by atoms with E-state index in [1.54, 1.807) is 7.11 Å². The number of hydrogen-bond acceptors (Lipinski definition) is 3. The summed E-state index contributed by atoms with van der Waals surface area (Å²) in [6.07, 6.45) is 2.54. The van der Waals surface area contributed by atoms with Crippen molar-refractivity contribution in [1.29, 1.82) is 0 Å². The summed E-state index contributed by atoms with van der Waals surface area (Å²) >= 11 is 0. The van der Waals surface area contributed by atoms with Crippen LogP contribution in [0.25, 0.3) is 0 Å². The Hall–Kier alpha value is -1.22. The SMILES string of the molecule is COc1ccc(NC(C)C2CCNCC2)cc1. The fraction of sp³-hybridized carbons (Fsp3) is 0.571. The normalized spacial score (nSPS) is 18.7. The Morgan fingerprint density at radius 3 is 2.47 bits per heavy atom. The molecule has 1 fully saturated rings. The van der Waals surface area contributed by atoms with E-state index < -0.39 is 0 Å². The van der Waals surface area contributed by atoms with Gasteiger partial charge in [-0.05, 0) is 63.0 Å². The summed E-state index contributed by atoms with van der Waals surface area (Å²) in [6.45, 7) is 4.58. The molecule has 1 aromatic rings. The van der Waals surface area contributed by atoms with Crippen LogP contribution in [0.15, 0.2) is 24.3 Å². The average molecular weight is 234 g/mol. The number of rotatable bonds is 4. The van der Waals surface area contributed by atoms with E-state index in [1.165, 1.54) is 18.5 Å². The molecule has 0 spiro atoms. The molecule has 3 heteroatoms. The average Bonchev–Trinajstić information content (AvgIpc) is 2.40. The van der Waals surface area contributed by atoms with Crippen LogP contribution in [-0.2, 0) is 0 Å². The first-order valence-electron chi connectivity index (χ1n) is 6.41. The van der Waals surface area contributed by atoms with E-state index >= 15 is 0 Å². The van der Waals surface area contributed by atoms with Crippen LogP contribution in [0.1, 0.15) is 19.8 Å². The Balaban J connectivity index is 1.89. The van der Waals surface area contributed by atoms with Crippen LogP contribution in [0.3, 0.4) is 0 Å². The highest BCUT2D eigenvalue weighted by Crippen LogP contribution is 2.21. The van der Waals surface area contributed by atoms with Crippen molar-refractivity contribution < 1.29 is 4.74 Å². The molecule has 1 aliphatic rings. The second kappa shape index (κ2) is 5.92. The summed E-state index contributed by atoms with van der Waals surface area (Å²) in [7, 11) is 1.69. The Labute approximate surface area is 104 Å². The molecule has 3 nitrogen and oxygen atoms in total. The summed E-state index contributed by atoms with van der Waals surface area (Å²) in [5, 5.41) is 6.98. The van der Waals surface area contributed by atoms with E-state index in [4.69, 9.17) is 4.74 Å². The van der Waals surface area contributed by atoms with Gasteiger partial charge < -0.3 is 15.4 Å². The largest absolute Gasteiger partial charge is 0.497 e. The zero-order valence-corrected chi connectivity index (χ0v) is 10.7. The molecule has 1 unspecified atom stereocenters. The number of hydrogen-bond donors (Lipinski definition) is 2. The summed E-state index contributed by atoms with van der Waals surface area (Å²) in [5.74, 6) is 1.68. The van der Waals surface area contributed by atoms with E-state index in [0.29, 0.717) is 6.04 Å². The minimum Gasteiger partial charge on any atom is -0.497 e. The lowest BCUT2D eigenvalue weighted by atomic mass is 9.91. The molecule has 1 heterocycles. The topological polar surface area (TPSA) is 33.3 Å². The number of nitrogens with one attached hydrogen (secondary N) is 2. The minimum absolute atomic E-state index is 0.533. The van der Waals surface area contributed by atoms with Gasteiger partial charge in [0.2, 0.25) is 0 Å². The molecule has 2 rings (SSSR count). The highest BCUT2D eigenvalue weighted by molar-refractivity contribution is 5.47. The number of ether oxygens (including phenoxy) is 1. The summed E-state index contributed by atoms with van der Waals surface area (Å²) in [6, 6.07) is 8.69. The van der Waals surface area contributed by atoms with Gasteiger partial charge in [0, 0.05) is 11.7 Å². The number of benzene rings is 1. The Morgan fingerprint density at radius 2 is 1.88 bits per heavy atom. The number of methoxy groups -OCH3 is 1. The van der Waals surface area contributed by atoms with Crippen molar-refractivity contribution >= 4 is 5.69 Å². The van der Waals surface area contributed by atoms with Gasteiger partial charge in [-0.1, -0.05) is 0 Å². The highest BCUT2D eigenvalue weighted by Gasteiger charge is 2.19. The lowest BCUT2D eigenvalue weighted by molar-refractivity contribution is 0.343. The van der Waals surface area contributed by atoms with Crippen molar-refractivity contribution in [2.75, 3.05) is 25.5 Å². The summed E-state index contributed by atoms with van der Waals surface area (Å²) < 4.78 is 5.15. The van der Waals surface area contributed by atoms with E-state index in [-0.39, 0.29) is 0 Å². The van der Waals surface area contributed by atoms with Crippen LogP contribution in [0, 0.1) is 5.92 Å². The molecule has 0 radical (unpaired) electrons. The minimum atomic E-state index is 0.533. The van der Waals surface area contributed by atoms with Gasteiger partial charge in [0.1, 0.15) is 5.75 Å². The maximum Gasteiger partial charge on any atom is 0.119 e. The van der Waals surface area contributed by atoms with Crippen molar-refractivity contribution in [3.8, 4) is 5.75 Å².